The summed E-state index contributed by atoms with van der Waals surface area (Å²) < 4.78 is 4.90. The molecule has 0 radical (unpaired) electrons. The molecule has 0 saturated carbocycles. The van der Waals surface area contributed by atoms with Crippen LogP contribution in [0.15, 0.2) is 29.8 Å². The van der Waals surface area contributed by atoms with Gasteiger partial charge in [-0.1, -0.05) is 24.3 Å². The molecule has 1 aliphatic carbocycles. The fourth-order valence-electron chi connectivity index (χ4n) is 2.10. The number of rotatable bonds is 2. The molecule has 0 spiro atoms. The molecule has 0 fully saturated rings. The summed E-state index contributed by atoms with van der Waals surface area (Å²) in [4.78, 5) is 10.8. The quantitative estimate of drug-likeness (QED) is 0.576. The summed E-state index contributed by atoms with van der Waals surface area (Å²) in [6.45, 7) is 1.43. The molecular weight excluding hydrogens is 214 g/mol. The van der Waals surface area contributed by atoms with E-state index in [4.69, 9.17) is 10.00 Å². The Hall–Kier alpha value is -2.08. The zero-order valence-corrected chi connectivity index (χ0v) is 9.69. The molecule has 0 aromatic heterocycles. The van der Waals surface area contributed by atoms with Crippen molar-refractivity contribution in [3.05, 3.63) is 41.0 Å². The van der Waals surface area contributed by atoms with Crippen LogP contribution in [0.25, 0.3) is 5.57 Å². The van der Waals surface area contributed by atoms with Crippen molar-refractivity contribution in [2.45, 2.75) is 19.8 Å². The molecule has 3 nitrogen and oxygen atoms in total. The summed E-state index contributed by atoms with van der Waals surface area (Å²) in [5, 5.41) is 9.13. The molecular formula is C14H13NO2. The Bertz CT molecular complexity index is 523. The van der Waals surface area contributed by atoms with Crippen LogP contribution in [0.1, 0.15) is 24.5 Å². The molecule has 0 heterocycles. The van der Waals surface area contributed by atoms with Crippen molar-refractivity contribution < 1.29 is 9.53 Å². The van der Waals surface area contributed by atoms with Crippen molar-refractivity contribution in [1.82, 2.24) is 0 Å². The highest BCUT2D eigenvalue weighted by atomic mass is 16.5. The molecule has 86 valence electrons. The van der Waals surface area contributed by atoms with Crippen LogP contribution in [0, 0.1) is 11.3 Å². The van der Waals surface area contributed by atoms with Crippen molar-refractivity contribution in [3.8, 4) is 6.07 Å². The maximum atomic E-state index is 10.8. The van der Waals surface area contributed by atoms with Crippen LogP contribution in [-0.4, -0.2) is 12.6 Å². The first kappa shape index (κ1) is 11.4. The summed E-state index contributed by atoms with van der Waals surface area (Å²) in [5.74, 6) is -0.357. The molecule has 0 aliphatic heterocycles. The second kappa shape index (κ2) is 4.84. The normalized spacial score (nSPS) is 16.0. The number of hydrogen-bond donors (Lipinski definition) is 0. The molecule has 3 heteroatoms. The molecule has 0 unspecified atom stereocenters. The Labute approximate surface area is 100 Å². The lowest BCUT2D eigenvalue weighted by Crippen LogP contribution is -2.03. The summed E-state index contributed by atoms with van der Waals surface area (Å²) >= 11 is 0. The van der Waals surface area contributed by atoms with E-state index in [1.807, 2.05) is 18.2 Å². The van der Waals surface area contributed by atoms with E-state index in [1.54, 1.807) is 0 Å². The number of aryl methyl sites for hydroxylation is 1. The molecule has 0 amide bonds. The Kier molecular flexibility index (Phi) is 3.24. The van der Waals surface area contributed by atoms with Gasteiger partial charge in [0.2, 0.25) is 0 Å². The van der Waals surface area contributed by atoms with Gasteiger partial charge in [0, 0.05) is 6.92 Å². The summed E-state index contributed by atoms with van der Waals surface area (Å²) in [7, 11) is 0. The number of carbonyl (C=O) groups is 1. The minimum Gasteiger partial charge on any atom is -0.460 e. The van der Waals surface area contributed by atoms with Crippen LogP contribution in [0.4, 0.5) is 0 Å². The van der Waals surface area contributed by atoms with Crippen LogP contribution in [0.3, 0.4) is 0 Å². The van der Waals surface area contributed by atoms with Crippen molar-refractivity contribution in [3.63, 3.8) is 0 Å². The number of ether oxygens (including phenoxy) is 1. The maximum Gasteiger partial charge on any atom is 0.302 e. The van der Waals surface area contributed by atoms with E-state index in [0.717, 1.165) is 24.0 Å². The minimum atomic E-state index is -0.357. The maximum absolute atomic E-state index is 10.8. The lowest BCUT2D eigenvalue weighted by atomic mass is 10.0. The third kappa shape index (κ3) is 2.36. The van der Waals surface area contributed by atoms with Gasteiger partial charge in [-0.15, -0.1) is 0 Å². The van der Waals surface area contributed by atoms with Gasteiger partial charge in [0.15, 0.2) is 0 Å². The highest BCUT2D eigenvalue weighted by Crippen LogP contribution is 2.34. The van der Waals surface area contributed by atoms with Gasteiger partial charge in [-0.25, -0.2) is 0 Å². The second-order valence-electron chi connectivity index (χ2n) is 4.01. The second-order valence-corrected chi connectivity index (χ2v) is 4.01. The van der Waals surface area contributed by atoms with Gasteiger partial charge in [0.1, 0.15) is 6.61 Å². The molecule has 1 aromatic rings. The zero-order valence-electron chi connectivity index (χ0n) is 9.69. The predicted octanol–water partition coefficient (Wildman–Crippen LogP) is 2.47. The van der Waals surface area contributed by atoms with Crippen LogP contribution >= 0.6 is 0 Å². The van der Waals surface area contributed by atoms with E-state index in [0.29, 0.717) is 5.57 Å². The first-order valence-electron chi connectivity index (χ1n) is 5.56. The Morgan fingerprint density at radius 3 is 2.88 bits per heavy atom. The van der Waals surface area contributed by atoms with Gasteiger partial charge in [-0.3, -0.25) is 4.79 Å². The van der Waals surface area contributed by atoms with Gasteiger partial charge in [0.25, 0.3) is 0 Å². The fraction of sp³-hybridized carbons (Fsp3) is 0.286. The fourth-order valence-corrected chi connectivity index (χ4v) is 2.10. The van der Waals surface area contributed by atoms with E-state index in [9.17, 15) is 4.79 Å². The van der Waals surface area contributed by atoms with Crippen LogP contribution < -0.4 is 0 Å². The summed E-state index contributed by atoms with van der Waals surface area (Å²) in [6, 6.07) is 10.2. The number of esters is 1. The van der Waals surface area contributed by atoms with E-state index >= 15 is 0 Å². The molecule has 0 bridgehead atoms. The molecule has 2 rings (SSSR count). The van der Waals surface area contributed by atoms with E-state index in [2.05, 4.69) is 12.1 Å². The minimum absolute atomic E-state index is 0.0789. The molecule has 1 aromatic carbocycles. The Balaban J connectivity index is 2.32. The van der Waals surface area contributed by atoms with E-state index in [1.165, 1.54) is 12.5 Å². The topological polar surface area (TPSA) is 50.1 Å². The Morgan fingerprint density at radius 2 is 2.18 bits per heavy atom. The lowest BCUT2D eigenvalue weighted by Gasteiger charge is -2.05. The molecule has 0 atom stereocenters. The first-order valence-corrected chi connectivity index (χ1v) is 5.56. The van der Waals surface area contributed by atoms with Crippen LogP contribution in [0.2, 0.25) is 0 Å². The van der Waals surface area contributed by atoms with Gasteiger partial charge >= 0.3 is 5.97 Å². The highest BCUT2D eigenvalue weighted by molar-refractivity contribution is 5.78. The number of nitriles is 1. The van der Waals surface area contributed by atoms with Crippen LogP contribution in [0.5, 0.6) is 0 Å². The number of allylic oxidation sites excluding steroid dienone is 1. The lowest BCUT2D eigenvalue weighted by molar-refractivity contribution is -0.139. The van der Waals surface area contributed by atoms with Crippen molar-refractivity contribution >= 4 is 11.5 Å². The third-order valence-electron chi connectivity index (χ3n) is 2.91. The van der Waals surface area contributed by atoms with Crippen molar-refractivity contribution in [1.29, 1.82) is 5.26 Å². The van der Waals surface area contributed by atoms with E-state index < -0.39 is 0 Å². The zero-order chi connectivity index (χ0) is 12.3. The number of benzene rings is 1. The number of nitrogens with zero attached hydrogens (tertiary/aromatic N) is 1. The third-order valence-corrected chi connectivity index (χ3v) is 2.91. The Morgan fingerprint density at radius 1 is 1.41 bits per heavy atom. The highest BCUT2D eigenvalue weighted by Gasteiger charge is 2.19. The van der Waals surface area contributed by atoms with Crippen LogP contribution in [-0.2, 0) is 16.0 Å². The smallest absolute Gasteiger partial charge is 0.302 e. The monoisotopic (exact) mass is 227 g/mol. The van der Waals surface area contributed by atoms with E-state index in [-0.39, 0.29) is 12.6 Å². The SMILES string of the molecule is CC(=O)OCC(C#N)=C1CCc2ccccc21. The van der Waals surface area contributed by atoms with Crippen molar-refractivity contribution in [2.24, 2.45) is 0 Å². The van der Waals surface area contributed by atoms with Gasteiger partial charge in [-0.05, 0) is 29.5 Å². The largest absolute Gasteiger partial charge is 0.460 e. The van der Waals surface area contributed by atoms with Gasteiger partial charge < -0.3 is 4.74 Å². The van der Waals surface area contributed by atoms with Gasteiger partial charge in [-0.2, -0.15) is 5.26 Å². The average molecular weight is 227 g/mol. The first-order chi connectivity index (χ1) is 8.22. The molecule has 0 saturated heterocycles. The summed E-state index contributed by atoms with van der Waals surface area (Å²) in [6.07, 6.45) is 1.81. The van der Waals surface area contributed by atoms with Gasteiger partial charge in [0.05, 0.1) is 11.6 Å². The predicted molar refractivity (Wildman–Crippen MR) is 63.9 cm³/mol. The number of fused-ring (bicyclic) bond motifs is 1. The number of hydrogen-bond acceptors (Lipinski definition) is 3. The summed E-state index contributed by atoms with van der Waals surface area (Å²) in [5.41, 5.74) is 3.96. The number of carbonyl (C=O) groups excluding carboxylic acids is 1. The molecule has 0 N–H and O–H groups in total. The standard InChI is InChI=1S/C14H13NO2/c1-10(16)17-9-12(8-15)14-7-6-11-4-2-3-5-13(11)14/h2-5H,6-7,9H2,1H3. The average Bonchev–Trinajstić information content (AvgIpc) is 2.74. The molecule has 1 aliphatic rings. The van der Waals surface area contributed by atoms with Crippen molar-refractivity contribution in [2.75, 3.05) is 6.61 Å². The molecule has 17 heavy (non-hydrogen) atoms.